The predicted molar refractivity (Wildman–Crippen MR) is 49.0 cm³/mol. The SMILES string of the molecule is [N-]=[N+]=NCCNC(=O)CC1CCC1. The maximum atomic E-state index is 11.2. The van der Waals surface area contributed by atoms with Crippen molar-refractivity contribution in [1.29, 1.82) is 0 Å². The molecule has 0 saturated heterocycles. The van der Waals surface area contributed by atoms with Crippen LogP contribution in [0.4, 0.5) is 0 Å². The van der Waals surface area contributed by atoms with E-state index < -0.39 is 0 Å². The topological polar surface area (TPSA) is 77.9 Å². The Bertz CT molecular complexity index is 218. The van der Waals surface area contributed by atoms with Crippen LogP contribution in [-0.4, -0.2) is 19.0 Å². The molecule has 1 rings (SSSR count). The number of carbonyl (C=O) groups is 1. The van der Waals surface area contributed by atoms with E-state index >= 15 is 0 Å². The molecular formula is C8H14N4O. The summed E-state index contributed by atoms with van der Waals surface area (Å²) < 4.78 is 0. The maximum Gasteiger partial charge on any atom is 0.220 e. The Morgan fingerprint density at radius 1 is 1.62 bits per heavy atom. The molecule has 0 aromatic carbocycles. The first-order chi connectivity index (χ1) is 6.33. The third-order valence-corrected chi connectivity index (χ3v) is 2.30. The number of azide groups is 1. The number of hydrogen-bond donors (Lipinski definition) is 1. The highest BCUT2D eigenvalue weighted by Gasteiger charge is 2.19. The van der Waals surface area contributed by atoms with Gasteiger partial charge >= 0.3 is 0 Å². The summed E-state index contributed by atoms with van der Waals surface area (Å²) in [5, 5.41) is 6.04. The first-order valence-corrected chi connectivity index (χ1v) is 4.60. The summed E-state index contributed by atoms with van der Waals surface area (Å²) in [5.74, 6) is 0.678. The molecule has 1 amide bonds. The standard InChI is InChI=1S/C8H14N4O/c9-12-11-5-4-10-8(13)6-7-2-1-3-7/h7H,1-6H2,(H,10,13). The molecule has 0 aromatic heterocycles. The Hall–Kier alpha value is -1.22. The Kier molecular flexibility index (Phi) is 4.12. The molecule has 0 spiro atoms. The van der Waals surface area contributed by atoms with E-state index in [0.717, 1.165) is 0 Å². The molecule has 1 aliphatic carbocycles. The second kappa shape index (κ2) is 5.43. The summed E-state index contributed by atoms with van der Waals surface area (Å²) in [4.78, 5) is 13.8. The van der Waals surface area contributed by atoms with Gasteiger partial charge in [0.25, 0.3) is 0 Å². The molecule has 5 heteroatoms. The molecule has 1 N–H and O–H groups in total. The van der Waals surface area contributed by atoms with Crippen LogP contribution in [0.15, 0.2) is 5.11 Å². The van der Waals surface area contributed by atoms with Gasteiger partial charge in [-0.05, 0) is 24.3 Å². The van der Waals surface area contributed by atoms with Crippen LogP contribution in [-0.2, 0) is 4.79 Å². The molecular weight excluding hydrogens is 168 g/mol. The zero-order valence-electron chi connectivity index (χ0n) is 7.57. The van der Waals surface area contributed by atoms with Gasteiger partial charge in [-0.15, -0.1) is 0 Å². The molecule has 5 nitrogen and oxygen atoms in total. The highest BCUT2D eigenvalue weighted by molar-refractivity contribution is 5.76. The van der Waals surface area contributed by atoms with Gasteiger partial charge in [0.1, 0.15) is 0 Å². The quantitative estimate of drug-likeness (QED) is 0.298. The van der Waals surface area contributed by atoms with E-state index in [1.54, 1.807) is 0 Å². The molecule has 0 aromatic rings. The Labute approximate surface area is 77.1 Å². The van der Waals surface area contributed by atoms with Crippen molar-refractivity contribution in [3.05, 3.63) is 10.4 Å². The molecule has 0 heterocycles. The lowest BCUT2D eigenvalue weighted by Crippen LogP contribution is -2.29. The fourth-order valence-electron chi connectivity index (χ4n) is 1.32. The fourth-order valence-corrected chi connectivity index (χ4v) is 1.32. The van der Waals surface area contributed by atoms with Gasteiger partial charge < -0.3 is 5.32 Å². The second-order valence-corrected chi connectivity index (χ2v) is 3.31. The Balaban J connectivity index is 1.99. The number of carbonyl (C=O) groups excluding carboxylic acids is 1. The third-order valence-electron chi connectivity index (χ3n) is 2.30. The van der Waals surface area contributed by atoms with Crippen molar-refractivity contribution in [1.82, 2.24) is 5.32 Å². The zero-order valence-corrected chi connectivity index (χ0v) is 7.57. The van der Waals surface area contributed by atoms with E-state index in [1.807, 2.05) is 0 Å². The molecule has 0 aliphatic heterocycles. The van der Waals surface area contributed by atoms with Gasteiger partial charge in [-0.25, -0.2) is 0 Å². The summed E-state index contributed by atoms with van der Waals surface area (Å²) in [6.07, 6.45) is 4.26. The third kappa shape index (κ3) is 3.80. The van der Waals surface area contributed by atoms with Crippen molar-refractivity contribution in [2.24, 2.45) is 11.0 Å². The van der Waals surface area contributed by atoms with Crippen molar-refractivity contribution < 1.29 is 4.79 Å². The zero-order chi connectivity index (χ0) is 9.52. The molecule has 72 valence electrons. The van der Waals surface area contributed by atoms with E-state index in [4.69, 9.17) is 5.53 Å². The van der Waals surface area contributed by atoms with Gasteiger partial charge in [0, 0.05) is 24.4 Å². The van der Waals surface area contributed by atoms with Crippen LogP contribution >= 0.6 is 0 Å². The molecule has 0 atom stereocenters. The predicted octanol–water partition coefficient (Wildman–Crippen LogP) is 1.60. The molecule has 1 saturated carbocycles. The smallest absolute Gasteiger partial charge is 0.220 e. The van der Waals surface area contributed by atoms with Crippen LogP contribution in [0.3, 0.4) is 0 Å². The Morgan fingerprint density at radius 2 is 2.38 bits per heavy atom. The fraction of sp³-hybridized carbons (Fsp3) is 0.875. The molecule has 1 aliphatic rings. The number of rotatable bonds is 5. The first-order valence-electron chi connectivity index (χ1n) is 4.60. The van der Waals surface area contributed by atoms with Gasteiger partial charge in [0.2, 0.25) is 5.91 Å². The van der Waals surface area contributed by atoms with Gasteiger partial charge in [-0.2, -0.15) is 0 Å². The van der Waals surface area contributed by atoms with E-state index in [1.165, 1.54) is 19.3 Å². The van der Waals surface area contributed by atoms with Gasteiger partial charge in [-0.1, -0.05) is 11.5 Å². The molecule has 13 heavy (non-hydrogen) atoms. The van der Waals surface area contributed by atoms with Crippen molar-refractivity contribution in [3.8, 4) is 0 Å². The van der Waals surface area contributed by atoms with E-state index in [2.05, 4.69) is 15.3 Å². The average Bonchev–Trinajstić information content (AvgIpc) is 2.06. The summed E-state index contributed by atoms with van der Waals surface area (Å²) in [7, 11) is 0. The van der Waals surface area contributed by atoms with Crippen molar-refractivity contribution in [2.45, 2.75) is 25.7 Å². The first kappa shape index (κ1) is 9.86. The van der Waals surface area contributed by atoms with Crippen molar-refractivity contribution in [3.63, 3.8) is 0 Å². The largest absolute Gasteiger partial charge is 0.356 e. The minimum absolute atomic E-state index is 0.0813. The van der Waals surface area contributed by atoms with Gasteiger partial charge in [-0.3, -0.25) is 4.79 Å². The molecule has 0 unspecified atom stereocenters. The molecule has 0 bridgehead atoms. The highest BCUT2D eigenvalue weighted by Crippen LogP contribution is 2.28. The number of nitrogens with one attached hydrogen (secondary N) is 1. The van der Waals surface area contributed by atoms with Crippen LogP contribution < -0.4 is 5.32 Å². The normalized spacial score (nSPS) is 15.7. The van der Waals surface area contributed by atoms with Crippen LogP contribution in [0.5, 0.6) is 0 Å². The van der Waals surface area contributed by atoms with Crippen LogP contribution in [0.25, 0.3) is 10.4 Å². The van der Waals surface area contributed by atoms with Crippen LogP contribution in [0.2, 0.25) is 0 Å². The lowest BCUT2D eigenvalue weighted by atomic mass is 9.83. The number of hydrogen-bond acceptors (Lipinski definition) is 2. The Morgan fingerprint density at radius 3 is 2.92 bits per heavy atom. The van der Waals surface area contributed by atoms with Crippen molar-refractivity contribution in [2.75, 3.05) is 13.1 Å². The summed E-state index contributed by atoms with van der Waals surface area (Å²) >= 11 is 0. The van der Waals surface area contributed by atoms with E-state index in [0.29, 0.717) is 25.4 Å². The van der Waals surface area contributed by atoms with Crippen molar-refractivity contribution >= 4 is 5.91 Å². The summed E-state index contributed by atoms with van der Waals surface area (Å²) in [6, 6.07) is 0. The van der Waals surface area contributed by atoms with Gasteiger partial charge in [0.05, 0.1) is 0 Å². The molecule has 1 fully saturated rings. The van der Waals surface area contributed by atoms with Crippen LogP contribution in [0.1, 0.15) is 25.7 Å². The number of nitrogens with zero attached hydrogens (tertiary/aromatic N) is 3. The average molecular weight is 182 g/mol. The highest BCUT2D eigenvalue weighted by atomic mass is 16.1. The minimum Gasteiger partial charge on any atom is -0.356 e. The summed E-state index contributed by atoms with van der Waals surface area (Å²) in [6.45, 7) is 0.794. The lowest BCUT2D eigenvalue weighted by molar-refractivity contribution is -0.122. The van der Waals surface area contributed by atoms with Gasteiger partial charge in [0.15, 0.2) is 0 Å². The monoisotopic (exact) mass is 182 g/mol. The van der Waals surface area contributed by atoms with Crippen LogP contribution in [0, 0.1) is 5.92 Å². The molecule has 0 radical (unpaired) electrons. The maximum absolute atomic E-state index is 11.2. The summed E-state index contributed by atoms with van der Waals surface area (Å²) in [5.41, 5.74) is 7.97. The lowest BCUT2D eigenvalue weighted by Gasteiger charge is -2.24. The second-order valence-electron chi connectivity index (χ2n) is 3.31. The van der Waals surface area contributed by atoms with E-state index in [-0.39, 0.29) is 5.91 Å². The van der Waals surface area contributed by atoms with E-state index in [9.17, 15) is 4.79 Å². The number of amides is 1. The minimum atomic E-state index is 0.0813.